The smallest absolute Gasteiger partial charge is 0.0702 e. The highest BCUT2D eigenvalue weighted by molar-refractivity contribution is 6.12. The first-order chi connectivity index (χ1) is 24.8. The first-order valence-electron chi connectivity index (χ1n) is 16.9. The first-order valence-corrected chi connectivity index (χ1v) is 16.9. The summed E-state index contributed by atoms with van der Waals surface area (Å²) in [5, 5.41) is 4.93. The standard InChI is InChI=1S/C46H30N4/c1-2-12-35(13-3-1)49-43-18-6-4-14-37(43)39-29-31(20-22-45(39)49)32-21-23-46-40(30-32)38-15-5-7-19-44(38)50(46)36-27-33(41-16-8-10-24-47-41)26-34(28-36)42-17-9-11-25-48-42/h1-30H. The van der Waals surface area contributed by atoms with Crippen LogP contribution in [0.15, 0.2) is 182 Å². The summed E-state index contributed by atoms with van der Waals surface area (Å²) in [7, 11) is 0. The molecule has 4 aromatic heterocycles. The molecule has 4 nitrogen and oxygen atoms in total. The fourth-order valence-electron chi connectivity index (χ4n) is 7.54. The van der Waals surface area contributed by atoms with Gasteiger partial charge in [0.05, 0.1) is 33.5 Å². The molecule has 10 aromatic rings. The van der Waals surface area contributed by atoms with Crippen molar-refractivity contribution in [2.45, 2.75) is 0 Å². The van der Waals surface area contributed by atoms with E-state index in [1.807, 2.05) is 36.7 Å². The van der Waals surface area contributed by atoms with E-state index in [1.54, 1.807) is 0 Å². The lowest BCUT2D eigenvalue weighted by atomic mass is 10.0. The van der Waals surface area contributed by atoms with E-state index < -0.39 is 0 Å². The van der Waals surface area contributed by atoms with E-state index in [9.17, 15) is 0 Å². The van der Waals surface area contributed by atoms with Crippen LogP contribution in [-0.2, 0) is 0 Å². The predicted octanol–water partition coefficient (Wildman–Crippen LogP) is 11.7. The van der Waals surface area contributed by atoms with E-state index in [2.05, 4.69) is 155 Å². The van der Waals surface area contributed by atoms with E-state index in [-0.39, 0.29) is 0 Å². The normalized spacial score (nSPS) is 11.6. The number of nitrogens with zero attached hydrogens (tertiary/aromatic N) is 4. The van der Waals surface area contributed by atoms with Gasteiger partial charge in [-0.05, 0) is 102 Å². The maximum absolute atomic E-state index is 4.70. The number of benzene rings is 6. The third-order valence-corrected chi connectivity index (χ3v) is 9.79. The van der Waals surface area contributed by atoms with Gasteiger partial charge in [-0.3, -0.25) is 9.97 Å². The zero-order valence-corrected chi connectivity index (χ0v) is 27.1. The van der Waals surface area contributed by atoms with E-state index in [4.69, 9.17) is 9.97 Å². The van der Waals surface area contributed by atoms with Crippen LogP contribution in [0.5, 0.6) is 0 Å². The second-order valence-corrected chi connectivity index (χ2v) is 12.7. The van der Waals surface area contributed by atoms with Crippen LogP contribution in [-0.4, -0.2) is 19.1 Å². The minimum Gasteiger partial charge on any atom is -0.309 e. The van der Waals surface area contributed by atoms with E-state index in [0.29, 0.717) is 0 Å². The van der Waals surface area contributed by atoms with Crippen LogP contribution in [0.4, 0.5) is 0 Å². The Hall–Kier alpha value is -6.78. The number of fused-ring (bicyclic) bond motifs is 6. The topological polar surface area (TPSA) is 35.6 Å². The van der Waals surface area contributed by atoms with Crippen molar-refractivity contribution in [3.63, 3.8) is 0 Å². The molecule has 0 fully saturated rings. The van der Waals surface area contributed by atoms with Crippen LogP contribution < -0.4 is 0 Å². The van der Waals surface area contributed by atoms with Gasteiger partial charge in [-0.1, -0.05) is 78.9 Å². The van der Waals surface area contributed by atoms with Crippen molar-refractivity contribution in [3.8, 4) is 45.0 Å². The molecular weight excluding hydrogens is 609 g/mol. The zero-order valence-electron chi connectivity index (χ0n) is 27.1. The van der Waals surface area contributed by atoms with Gasteiger partial charge in [-0.25, -0.2) is 0 Å². The second kappa shape index (κ2) is 11.4. The van der Waals surface area contributed by atoms with Crippen molar-refractivity contribution in [2.24, 2.45) is 0 Å². The molecule has 0 saturated heterocycles. The number of hydrogen-bond acceptors (Lipinski definition) is 2. The summed E-state index contributed by atoms with van der Waals surface area (Å²) in [5.74, 6) is 0. The fourth-order valence-corrected chi connectivity index (χ4v) is 7.54. The van der Waals surface area contributed by atoms with Crippen molar-refractivity contribution >= 4 is 43.6 Å². The Balaban J connectivity index is 1.17. The largest absolute Gasteiger partial charge is 0.309 e. The quantitative estimate of drug-likeness (QED) is 0.188. The first kappa shape index (κ1) is 28.3. The van der Waals surface area contributed by atoms with Gasteiger partial charge in [0.1, 0.15) is 0 Å². The molecule has 4 heterocycles. The molecule has 0 aliphatic carbocycles. The summed E-state index contributed by atoms with van der Waals surface area (Å²) >= 11 is 0. The van der Waals surface area contributed by atoms with Crippen molar-refractivity contribution in [1.82, 2.24) is 19.1 Å². The molecule has 50 heavy (non-hydrogen) atoms. The van der Waals surface area contributed by atoms with Crippen molar-refractivity contribution in [2.75, 3.05) is 0 Å². The molecule has 0 N–H and O–H groups in total. The molecule has 234 valence electrons. The zero-order chi connectivity index (χ0) is 33.0. The van der Waals surface area contributed by atoms with Crippen LogP contribution in [0.25, 0.3) is 88.6 Å². The van der Waals surface area contributed by atoms with Crippen LogP contribution >= 0.6 is 0 Å². The minimum atomic E-state index is 0.929. The Morgan fingerprint density at radius 1 is 0.300 bits per heavy atom. The molecule has 0 radical (unpaired) electrons. The van der Waals surface area contributed by atoms with E-state index in [0.717, 1.165) is 39.2 Å². The molecule has 0 spiro atoms. The molecule has 0 bridgehead atoms. The molecule has 0 unspecified atom stereocenters. The molecule has 0 saturated carbocycles. The maximum Gasteiger partial charge on any atom is 0.0702 e. The highest BCUT2D eigenvalue weighted by Gasteiger charge is 2.17. The summed E-state index contributed by atoms with van der Waals surface area (Å²) in [6.45, 7) is 0. The highest BCUT2D eigenvalue weighted by atomic mass is 15.0. The molecule has 0 atom stereocenters. The predicted molar refractivity (Wildman–Crippen MR) is 207 cm³/mol. The summed E-state index contributed by atoms with van der Waals surface area (Å²) < 4.78 is 4.74. The highest BCUT2D eigenvalue weighted by Crippen LogP contribution is 2.39. The van der Waals surface area contributed by atoms with Crippen molar-refractivity contribution in [1.29, 1.82) is 0 Å². The Bertz CT molecular complexity index is 2790. The lowest BCUT2D eigenvalue weighted by molar-refractivity contribution is 1.17. The summed E-state index contributed by atoms with van der Waals surface area (Å²) in [6.07, 6.45) is 3.70. The van der Waals surface area contributed by atoms with Gasteiger partial charge in [0.15, 0.2) is 0 Å². The van der Waals surface area contributed by atoms with E-state index in [1.165, 1.54) is 49.4 Å². The lowest BCUT2D eigenvalue weighted by Gasteiger charge is -2.13. The monoisotopic (exact) mass is 638 g/mol. The molecule has 0 amide bonds. The van der Waals surface area contributed by atoms with Gasteiger partial charge in [0.2, 0.25) is 0 Å². The van der Waals surface area contributed by atoms with Gasteiger partial charge < -0.3 is 9.13 Å². The van der Waals surface area contributed by atoms with Crippen LogP contribution in [0.1, 0.15) is 0 Å². The summed E-state index contributed by atoms with van der Waals surface area (Å²) in [4.78, 5) is 9.41. The molecule has 10 rings (SSSR count). The van der Waals surface area contributed by atoms with Crippen LogP contribution in [0.2, 0.25) is 0 Å². The number of para-hydroxylation sites is 3. The number of aromatic nitrogens is 4. The average molecular weight is 639 g/mol. The Kier molecular flexibility index (Phi) is 6.46. The van der Waals surface area contributed by atoms with Gasteiger partial charge >= 0.3 is 0 Å². The SMILES string of the molecule is c1ccc(-n2c3ccccc3c3cc(-c4ccc5c(c4)c4ccccc4n5-c4cc(-c5ccccn5)cc(-c5ccccn5)c4)ccc32)cc1. The van der Waals surface area contributed by atoms with Gasteiger partial charge in [0, 0.05) is 56.4 Å². The average Bonchev–Trinajstić information content (AvgIpc) is 3.71. The third-order valence-electron chi connectivity index (χ3n) is 9.79. The number of hydrogen-bond donors (Lipinski definition) is 0. The lowest BCUT2D eigenvalue weighted by Crippen LogP contribution is -1.97. The molecule has 4 heteroatoms. The van der Waals surface area contributed by atoms with Crippen LogP contribution in [0, 0.1) is 0 Å². The van der Waals surface area contributed by atoms with Gasteiger partial charge in [-0.15, -0.1) is 0 Å². The van der Waals surface area contributed by atoms with Crippen LogP contribution in [0.3, 0.4) is 0 Å². The Labute approximate surface area is 289 Å². The van der Waals surface area contributed by atoms with Gasteiger partial charge in [-0.2, -0.15) is 0 Å². The fraction of sp³-hybridized carbons (Fsp3) is 0. The third kappa shape index (κ3) is 4.54. The molecule has 6 aromatic carbocycles. The van der Waals surface area contributed by atoms with Crippen molar-refractivity contribution < 1.29 is 0 Å². The molecular formula is C46H30N4. The Morgan fingerprint density at radius 3 is 1.28 bits per heavy atom. The number of rotatable bonds is 5. The van der Waals surface area contributed by atoms with Gasteiger partial charge in [0.25, 0.3) is 0 Å². The summed E-state index contributed by atoms with van der Waals surface area (Å²) in [6, 6.07) is 60.6. The number of pyridine rings is 2. The minimum absolute atomic E-state index is 0.929. The Morgan fingerprint density at radius 2 is 0.760 bits per heavy atom. The van der Waals surface area contributed by atoms with Crippen molar-refractivity contribution in [3.05, 3.63) is 182 Å². The molecule has 0 aliphatic heterocycles. The maximum atomic E-state index is 4.70. The second-order valence-electron chi connectivity index (χ2n) is 12.7. The summed E-state index contributed by atoms with van der Waals surface area (Å²) in [5.41, 5.74) is 13.3. The van der Waals surface area contributed by atoms with E-state index >= 15 is 0 Å². The molecule has 0 aliphatic rings.